The average Bonchev–Trinajstić information content (AvgIpc) is 3.22. The topological polar surface area (TPSA) is 86.6 Å². The predicted octanol–water partition coefficient (Wildman–Crippen LogP) is 2.87. The second-order valence-electron chi connectivity index (χ2n) is 6.27. The predicted molar refractivity (Wildman–Crippen MR) is 104 cm³/mol. The number of carboxylic acids is 1. The molecule has 0 saturated heterocycles. The molecule has 6 nitrogen and oxygen atoms in total. The first-order valence-corrected chi connectivity index (χ1v) is 9.46. The van der Waals surface area contributed by atoms with Crippen LogP contribution in [-0.4, -0.2) is 31.5 Å². The Morgan fingerprint density at radius 3 is 2.67 bits per heavy atom. The number of carbonyl (C=O) groups is 1. The lowest BCUT2D eigenvalue weighted by molar-refractivity contribution is -0.301. The lowest BCUT2D eigenvalue weighted by atomic mass is 10.1. The second-order valence-corrected chi connectivity index (χ2v) is 7.22. The van der Waals surface area contributed by atoms with Crippen molar-refractivity contribution in [3.63, 3.8) is 0 Å². The first-order valence-electron chi connectivity index (χ1n) is 8.47. The van der Waals surface area contributed by atoms with Crippen molar-refractivity contribution >= 4 is 28.6 Å². The minimum absolute atomic E-state index is 0.180. The molecule has 0 amide bonds. The van der Waals surface area contributed by atoms with Gasteiger partial charge in [-0.2, -0.15) is 0 Å². The van der Waals surface area contributed by atoms with Gasteiger partial charge in [-0.25, -0.2) is 0 Å². The zero-order valence-corrected chi connectivity index (χ0v) is 15.7. The minimum atomic E-state index is -1.14. The van der Waals surface area contributed by atoms with Crippen LogP contribution in [0, 0.1) is 13.8 Å². The third-order valence-electron chi connectivity index (χ3n) is 4.53. The molecule has 1 N–H and O–H groups in total. The number of hydrogen-bond donors (Lipinski definition) is 1. The quantitative estimate of drug-likeness (QED) is 0.541. The summed E-state index contributed by atoms with van der Waals surface area (Å²) in [6.07, 6.45) is 0. The van der Waals surface area contributed by atoms with Crippen LogP contribution in [-0.2, 0) is 4.79 Å². The summed E-state index contributed by atoms with van der Waals surface area (Å²) in [5.74, 6) is -0.647. The van der Waals surface area contributed by atoms with Crippen LogP contribution < -0.4 is 5.11 Å². The lowest BCUT2D eigenvalue weighted by Gasteiger charge is -2.10. The highest BCUT2D eigenvalue weighted by Gasteiger charge is 2.17. The molecule has 136 valence electrons. The minimum Gasteiger partial charge on any atom is -0.549 e. The van der Waals surface area contributed by atoms with Gasteiger partial charge in [-0.1, -0.05) is 30.0 Å². The normalized spacial score (nSPS) is 11.2. The van der Waals surface area contributed by atoms with Crippen LogP contribution in [0.15, 0.2) is 53.7 Å². The molecule has 0 atom stereocenters. The molecule has 0 aliphatic heterocycles. The molecule has 0 aliphatic rings. The van der Waals surface area contributed by atoms with E-state index in [-0.39, 0.29) is 5.75 Å². The Morgan fingerprint density at radius 2 is 1.93 bits per heavy atom. The summed E-state index contributed by atoms with van der Waals surface area (Å²) in [6, 6.07) is 15.8. The molecule has 0 aliphatic carbocycles. The van der Waals surface area contributed by atoms with Gasteiger partial charge in [-0.05, 0) is 49.7 Å². The first kappa shape index (κ1) is 17.4. The maximum Gasteiger partial charge on any atom is 0.196 e. The highest BCUT2D eigenvalue weighted by molar-refractivity contribution is 7.99. The molecule has 4 rings (SSSR count). The third-order valence-corrected chi connectivity index (χ3v) is 5.44. The van der Waals surface area contributed by atoms with Crippen LogP contribution >= 0.6 is 11.8 Å². The number of thioether (sulfide) groups is 1. The zero-order valence-electron chi connectivity index (χ0n) is 14.9. The molecule has 2 heterocycles. The summed E-state index contributed by atoms with van der Waals surface area (Å²) < 4.78 is 1.88. The monoisotopic (exact) mass is 377 g/mol. The van der Waals surface area contributed by atoms with Crippen LogP contribution in [0.5, 0.6) is 0 Å². The molecule has 2 aromatic carbocycles. The van der Waals surface area contributed by atoms with Crippen molar-refractivity contribution in [2.24, 2.45) is 0 Å². The van der Waals surface area contributed by atoms with Crippen LogP contribution in [0.2, 0.25) is 0 Å². The van der Waals surface area contributed by atoms with E-state index in [4.69, 9.17) is 0 Å². The summed E-state index contributed by atoms with van der Waals surface area (Å²) in [6.45, 7) is 4.14. The molecular weight excluding hydrogens is 360 g/mol. The molecule has 0 radical (unpaired) electrons. The summed E-state index contributed by atoms with van der Waals surface area (Å²) in [5.41, 5.74) is 5.20. The fourth-order valence-electron chi connectivity index (χ4n) is 3.08. The number of aromatic amines is 1. The van der Waals surface area contributed by atoms with Crippen molar-refractivity contribution < 1.29 is 9.90 Å². The van der Waals surface area contributed by atoms with E-state index in [1.54, 1.807) is 0 Å². The van der Waals surface area contributed by atoms with Crippen molar-refractivity contribution in [2.45, 2.75) is 19.0 Å². The number of para-hydroxylation sites is 1. The Labute approximate surface area is 160 Å². The average molecular weight is 377 g/mol. The molecular formula is C20H17N4O2S-. The number of carboxylic acid groups (broad SMARTS) is 1. The van der Waals surface area contributed by atoms with Gasteiger partial charge in [0.25, 0.3) is 0 Å². The van der Waals surface area contributed by atoms with Gasteiger partial charge in [-0.3, -0.25) is 4.57 Å². The largest absolute Gasteiger partial charge is 0.549 e. The summed E-state index contributed by atoms with van der Waals surface area (Å²) >= 11 is 1.10. The Kier molecular flexibility index (Phi) is 4.45. The molecule has 4 aromatic rings. The standard InChI is InChI=1S/C20H18N4O2S/c1-12-13(2)21-17-9-8-14(10-16(12)17)19-22-23-20(27-11-18(25)26)24(19)15-6-4-3-5-7-15/h3-10,21H,11H2,1-2H3,(H,25,26)/p-1. The van der Waals surface area contributed by atoms with Crippen molar-refractivity contribution in [1.82, 2.24) is 19.7 Å². The maximum atomic E-state index is 10.9. The van der Waals surface area contributed by atoms with Gasteiger partial charge >= 0.3 is 0 Å². The van der Waals surface area contributed by atoms with Gasteiger partial charge in [0.1, 0.15) is 0 Å². The van der Waals surface area contributed by atoms with Gasteiger partial charge in [0.15, 0.2) is 11.0 Å². The van der Waals surface area contributed by atoms with Crippen LogP contribution in [0.1, 0.15) is 11.3 Å². The SMILES string of the molecule is Cc1[nH]c2ccc(-c3nnc(SCC(=O)[O-])n3-c3ccccc3)cc2c1C. The zero-order chi connectivity index (χ0) is 19.0. The second kappa shape index (κ2) is 6.92. The van der Waals surface area contributed by atoms with Crippen molar-refractivity contribution in [1.29, 1.82) is 0 Å². The third kappa shape index (κ3) is 3.21. The van der Waals surface area contributed by atoms with E-state index in [1.165, 1.54) is 5.56 Å². The molecule has 7 heteroatoms. The Hall–Kier alpha value is -3.06. The lowest BCUT2D eigenvalue weighted by Crippen LogP contribution is -2.24. The maximum absolute atomic E-state index is 10.9. The number of carbonyl (C=O) groups excluding carboxylic acids is 1. The summed E-state index contributed by atoms with van der Waals surface area (Å²) in [7, 11) is 0. The van der Waals surface area contributed by atoms with E-state index >= 15 is 0 Å². The van der Waals surface area contributed by atoms with Gasteiger partial charge in [0.2, 0.25) is 0 Å². The van der Waals surface area contributed by atoms with Crippen molar-refractivity contribution in [3.05, 3.63) is 59.8 Å². The molecule has 0 bridgehead atoms. The van der Waals surface area contributed by atoms with Gasteiger partial charge in [0.05, 0.1) is 5.97 Å². The number of aliphatic carboxylic acids is 1. The first-order chi connectivity index (χ1) is 13.0. The number of benzene rings is 2. The molecule has 0 saturated carbocycles. The summed E-state index contributed by atoms with van der Waals surface area (Å²) in [4.78, 5) is 14.3. The smallest absolute Gasteiger partial charge is 0.196 e. The van der Waals surface area contributed by atoms with Crippen LogP contribution in [0.4, 0.5) is 0 Å². The van der Waals surface area contributed by atoms with Crippen molar-refractivity contribution in [2.75, 3.05) is 5.75 Å². The van der Waals surface area contributed by atoms with E-state index in [9.17, 15) is 9.90 Å². The number of rotatable bonds is 5. The van der Waals surface area contributed by atoms with E-state index in [1.807, 2.05) is 47.0 Å². The number of aromatic nitrogens is 4. The number of fused-ring (bicyclic) bond motifs is 1. The highest BCUT2D eigenvalue weighted by Crippen LogP contribution is 2.31. The van der Waals surface area contributed by atoms with E-state index in [0.29, 0.717) is 11.0 Å². The van der Waals surface area contributed by atoms with Crippen LogP contribution in [0.3, 0.4) is 0 Å². The van der Waals surface area contributed by atoms with Crippen molar-refractivity contribution in [3.8, 4) is 17.1 Å². The number of aryl methyl sites for hydroxylation is 2. The fraction of sp³-hybridized carbons (Fsp3) is 0.150. The molecule has 0 spiro atoms. The fourth-order valence-corrected chi connectivity index (χ4v) is 3.75. The van der Waals surface area contributed by atoms with Gasteiger partial charge in [0, 0.05) is 33.6 Å². The van der Waals surface area contributed by atoms with Crippen LogP contribution in [0.25, 0.3) is 28.0 Å². The Morgan fingerprint density at radius 1 is 1.15 bits per heavy atom. The van der Waals surface area contributed by atoms with E-state index in [0.717, 1.165) is 39.6 Å². The Bertz CT molecular complexity index is 1130. The molecule has 2 aromatic heterocycles. The number of hydrogen-bond acceptors (Lipinski definition) is 5. The van der Waals surface area contributed by atoms with Gasteiger partial charge < -0.3 is 14.9 Å². The number of nitrogens with one attached hydrogen (secondary N) is 1. The van der Waals surface area contributed by atoms with E-state index in [2.05, 4.69) is 35.1 Å². The molecule has 0 unspecified atom stereocenters. The number of nitrogens with zero attached hydrogens (tertiary/aromatic N) is 3. The highest BCUT2D eigenvalue weighted by atomic mass is 32.2. The van der Waals surface area contributed by atoms with E-state index < -0.39 is 5.97 Å². The number of H-pyrrole nitrogens is 1. The molecule has 0 fully saturated rings. The van der Waals surface area contributed by atoms with Gasteiger partial charge in [-0.15, -0.1) is 10.2 Å². The Balaban J connectivity index is 1.87. The molecule has 27 heavy (non-hydrogen) atoms. The summed E-state index contributed by atoms with van der Waals surface area (Å²) in [5, 5.41) is 21.1.